The lowest BCUT2D eigenvalue weighted by Gasteiger charge is -2.23. The molecule has 0 bridgehead atoms. The van der Waals surface area contributed by atoms with Crippen LogP contribution in [-0.2, 0) is 20.8 Å². The number of rotatable bonds is 10. The summed E-state index contributed by atoms with van der Waals surface area (Å²) in [5.41, 5.74) is 1.05. The molecular weight excluding hydrogens is 272 g/mol. The molecule has 0 heterocycles. The summed E-state index contributed by atoms with van der Waals surface area (Å²) in [5.74, 6) is 0. The highest BCUT2D eigenvalue weighted by Crippen LogP contribution is 2.13. The maximum Gasteiger partial charge on any atom is 0.159 e. The van der Waals surface area contributed by atoms with Gasteiger partial charge >= 0.3 is 0 Å². The van der Waals surface area contributed by atoms with Crippen molar-refractivity contribution in [3.63, 3.8) is 0 Å². The normalized spacial score (nSPS) is 15.9. The zero-order chi connectivity index (χ0) is 15.7. The second-order valence-electron chi connectivity index (χ2n) is 5.10. The van der Waals surface area contributed by atoms with Crippen LogP contribution in [-0.4, -0.2) is 49.0 Å². The SMILES string of the molecule is COC(C[C@@H](O)C[C@H](O)C(C)OCc1ccccc1)OC. The minimum absolute atomic E-state index is 0.221. The summed E-state index contributed by atoms with van der Waals surface area (Å²) in [4.78, 5) is 0. The van der Waals surface area contributed by atoms with Gasteiger partial charge in [0.2, 0.25) is 0 Å². The number of methoxy groups -OCH3 is 2. The molecule has 2 N–H and O–H groups in total. The first kappa shape index (κ1) is 18.1. The van der Waals surface area contributed by atoms with Gasteiger partial charge in [-0.1, -0.05) is 30.3 Å². The van der Waals surface area contributed by atoms with Crippen LogP contribution < -0.4 is 0 Å². The van der Waals surface area contributed by atoms with Gasteiger partial charge in [-0.25, -0.2) is 0 Å². The Labute approximate surface area is 126 Å². The van der Waals surface area contributed by atoms with Crippen LogP contribution in [0, 0.1) is 0 Å². The molecule has 0 aromatic heterocycles. The predicted molar refractivity (Wildman–Crippen MR) is 79.7 cm³/mol. The molecule has 5 heteroatoms. The molecule has 1 aromatic rings. The molecule has 0 aliphatic heterocycles. The van der Waals surface area contributed by atoms with E-state index in [1.165, 1.54) is 14.2 Å². The highest BCUT2D eigenvalue weighted by atomic mass is 16.7. The molecule has 0 fully saturated rings. The zero-order valence-corrected chi connectivity index (χ0v) is 12.9. The van der Waals surface area contributed by atoms with E-state index >= 15 is 0 Å². The standard InChI is InChI=1S/C16H26O5/c1-12(21-11-13-7-5-4-6-8-13)15(18)9-14(17)10-16(19-2)20-3/h4-8,12,14-18H,9-11H2,1-3H3/t12?,14-,15-/m0/s1. The molecule has 120 valence electrons. The Morgan fingerprint density at radius 1 is 1.00 bits per heavy atom. The monoisotopic (exact) mass is 298 g/mol. The Hall–Kier alpha value is -0.980. The quantitative estimate of drug-likeness (QED) is 0.644. The summed E-state index contributed by atoms with van der Waals surface area (Å²) in [6, 6.07) is 9.77. The molecule has 0 saturated carbocycles. The van der Waals surface area contributed by atoms with Gasteiger partial charge < -0.3 is 24.4 Å². The average Bonchev–Trinajstić information content (AvgIpc) is 2.51. The molecule has 0 aliphatic rings. The molecule has 21 heavy (non-hydrogen) atoms. The molecule has 1 aromatic carbocycles. The average molecular weight is 298 g/mol. The van der Waals surface area contributed by atoms with E-state index in [0.717, 1.165) is 5.56 Å². The first-order valence-electron chi connectivity index (χ1n) is 7.14. The van der Waals surface area contributed by atoms with Crippen molar-refractivity contribution in [2.45, 2.75) is 51.0 Å². The second kappa shape index (κ2) is 9.87. The molecule has 0 amide bonds. The first-order chi connectivity index (χ1) is 10.1. The summed E-state index contributed by atoms with van der Waals surface area (Å²) in [6.07, 6.45) is -1.73. The highest BCUT2D eigenvalue weighted by molar-refractivity contribution is 5.13. The van der Waals surface area contributed by atoms with Crippen molar-refractivity contribution in [3.05, 3.63) is 35.9 Å². The topological polar surface area (TPSA) is 68.2 Å². The number of aliphatic hydroxyl groups is 2. The van der Waals surface area contributed by atoms with E-state index in [-0.39, 0.29) is 12.5 Å². The lowest BCUT2D eigenvalue weighted by molar-refractivity contribution is -0.129. The van der Waals surface area contributed by atoms with Crippen molar-refractivity contribution in [1.82, 2.24) is 0 Å². The lowest BCUT2D eigenvalue weighted by Crippen LogP contribution is -2.32. The second-order valence-corrected chi connectivity index (χ2v) is 5.10. The smallest absolute Gasteiger partial charge is 0.159 e. The summed E-state index contributed by atoms with van der Waals surface area (Å²) in [5, 5.41) is 20.0. The van der Waals surface area contributed by atoms with Gasteiger partial charge in [-0.05, 0) is 12.5 Å². The molecule has 0 saturated heterocycles. The maximum atomic E-state index is 10.1. The van der Waals surface area contributed by atoms with Gasteiger partial charge in [0.15, 0.2) is 6.29 Å². The van der Waals surface area contributed by atoms with Crippen molar-refractivity contribution in [2.75, 3.05) is 14.2 Å². The van der Waals surface area contributed by atoms with Gasteiger partial charge in [0.1, 0.15) is 0 Å². The van der Waals surface area contributed by atoms with Gasteiger partial charge in [-0.3, -0.25) is 0 Å². The lowest BCUT2D eigenvalue weighted by atomic mass is 10.0. The van der Waals surface area contributed by atoms with Crippen LogP contribution in [0.2, 0.25) is 0 Å². The van der Waals surface area contributed by atoms with Crippen molar-refractivity contribution in [3.8, 4) is 0 Å². The number of hydrogen-bond donors (Lipinski definition) is 2. The largest absolute Gasteiger partial charge is 0.393 e. The zero-order valence-electron chi connectivity index (χ0n) is 12.9. The molecule has 0 spiro atoms. The van der Waals surface area contributed by atoms with E-state index in [0.29, 0.717) is 13.0 Å². The number of hydrogen-bond acceptors (Lipinski definition) is 5. The van der Waals surface area contributed by atoms with Gasteiger partial charge in [0.05, 0.1) is 24.9 Å². The molecule has 1 rings (SSSR count). The maximum absolute atomic E-state index is 10.1. The van der Waals surface area contributed by atoms with Crippen LogP contribution in [0.3, 0.4) is 0 Å². The van der Waals surface area contributed by atoms with Crippen molar-refractivity contribution in [2.24, 2.45) is 0 Å². The Balaban J connectivity index is 2.31. The minimum Gasteiger partial charge on any atom is -0.393 e. The molecule has 3 atom stereocenters. The van der Waals surface area contributed by atoms with Gasteiger partial charge in [-0.2, -0.15) is 0 Å². The Kier molecular flexibility index (Phi) is 8.49. The Morgan fingerprint density at radius 2 is 1.62 bits per heavy atom. The Morgan fingerprint density at radius 3 is 2.19 bits per heavy atom. The summed E-state index contributed by atoms with van der Waals surface area (Å²) >= 11 is 0. The molecular formula is C16H26O5. The van der Waals surface area contributed by atoms with E-state index in [4.69, 9.17) is 14.2 Å². The van der Waals surface area contributed by atoms with Crippen molar-refractivity contribution < 1.29 is 24.4 Å². The van der Waals surface area contributed by atoms with Crippen molar-refractivity contribution >= 4 is 0 Å². The third kappa shape index (κ3) is 7.02. The van der Waals surface area contributed by atoms with E-state index in [9.17, 15) is 10.2 Å². The summed E-state index contributed by atoms with van der Waals surface area (Å²) in [7, 11) is 3.03. The molecule has 0 radical (unpaired) electrons. The van der Waals surface area contributed by atoms with Crippen LogP contribution >= 0.6 is 0 Å². The molecule has 5 nitrogen and oxygen atoms in total. The Bertz CT molecular complexity index is 366. The van der Waals surface area contributed by atoms with Crippen LogP contribution in [0.1, 0.15) is 25.3 Å². The summed E-state index contributed by atoms with van der Waals surface area (Å²) in [6.45, 7) is 2.23. The van der Waals surface area contributed by atoms with Gasteiger partial charge in [0, 0.05) is 27.1 Å². The van der Waals surface area contributed by atoms with E-state index in [1.54, 1.807) is 6.92 Å². The van der Waals surface area contributed by atoms with Gasteiger partial charge in [0.25, 0.3) is 0 Å². The number of aliphatic hydroxyl groups excluding tert-OH is 2. The molecule has 0 aliphatic carbocycles. The van der Waals surface area contributed by atoms with Crippen LogP contribution in [0.4, 0.5) is 0 Å². The van der Waals surface area contributed by atoms with E-state index in [2.05, 4.69) is 0 Å². The third-order valence-electron chi connectivity index (χ3n) is 3.40. The number of ether oxygens (including phenoxy) is 3. The first-order valence-corrected chi connectivity index (χ1v) is 7.14. The summed E-state index contributed by atoms with van der Waals surface area (Å²) < 4.78 is 15.7. The highest BCUT2D eigenvalue weighted by Gasteiger charge is 2.21. The van der Waals surface area contributed by atoms with Crippen molar-refractivity contribution in [1.29, 1.82) is 0 Å². The fourth-order valence-electron chi connectivity index (χ4n) is 1.99. The minimum atomic E-state index is -0.738. The van der Waals surface area contributed by atoms with Crippen LogP contribution in [0.15, 0.2) is 30.3 Å². The predicted octanol–water partition coefficient (Wildman–Crippen LogP) is 1.71. The van der Waals surface area contributed by atoms with E-state index < -0.39 is 18.5 Å². The fourth-order valence-corrected chi connectivity index (χ4v) is 1.99. The fraction of sp³-hybridized carbons (Fsp3) is 0.625. The van der Waals surface area contributed by atoms with E-state index in [1.807, 2.05) is 30.3 Å². The van der Waals surface area contributed by atoms with Crippen LogP contribution in [0.5, 0.6) is 0 Å². The third-order valence-corrected chi connectivity index (χ3v) is 3.40. The van der Waals surface area contributed by atoms with Crippen LogP contribution in [0.25, 0.3) is 0 Å². The number of benzene rings is 1. The van der Waals surface area contributed by atoms with Gasteiger partial charge in [-0.15, -0.1) is 0 Å². The molecule has 1 unspecified atom stereocenters.